The van der Waals surface area contributed by atoms with E-state index < -0.39 is 23.3 Å². The number of hydrogen-bond donors (Lipinski definition) is 1. The number of aromatic nitrogens is 1. The smallest absolute Gasteiger partial charge is 0.431 e. The second-order valence-electron chi connectivity index (χ2n) is 4.18. The Labute approximate surface area is 111 Å². The maximum atomic E-state index is 12.6. The van der Waals surface area contributed by atoms with Gasteiger partial charge in [0.05, 0.1) is 13.5 Å². The molecule has 1 N–H and O–H groups in total. The number of benzene rings is 1. The van der Waals surface area contributed by atoms with E-state index in [1.165, 1.54) is 25.3 Å². The Balaban J connectivity index is 2.52. The molecule has 0 spiro atoms. The number of alkyl halides is 3. The third-order valence-electron chi connectivity index (χ3n) is 2.78. The molecule has 0 unspecified atom stereocenters. The van der Waals surface area contributed by atoms with Crippen molar-refractivity contribution >= 4 is 16.9 Å². The molecular formula is C13H10F3NO3. The molecule has 106 valence electrons. The van der Waals surface area contributed by atoms with Crippen LogP contribution >= 0.6 is 0 Å². The molecule has 0 saturated heterocycles. The summed E-state index contributed by atoms with van der Waals surface area (Å²) in [5, 5.41) is 0.0967. The van der Waals surface area contributed by atoms with Gasteiger partial charge in [0.2, 0.25) is 0 Å². The zero-order valence-electron chi connectivity index (χ0n) is 10.4. The summed E-state index contributed by atoms with van der Waals surface area (Å²) < 4.78 is 42.2. The van der Waals surface area contributed by atoms with E-state index in [1.807, 2.05) is 0 Å². The van der Waals surface area contributed by atoms with Crippen LogP contribution in [0.25, 0.3) is 10.9 Å². The Morgan fingerprint density at radius 3 is 2.60 bits per heavy atom. The van der Waals surface area contributed by atoms with Gasteiger partial charge in [0, 0.05) is 17.0 Å². The fraction of sp³-hybridized carbons (Fsp3) is 0.231. The molecule has 2 aromatic rings. The molecule has 0 amide bonds. The van der Waals surface area contributed by atoms with Crippen molar-refractivity contribution in [2.75, 3.05) is 7.11 Å². The largest absolute Gasteiger partial charge is 0.469 e. The SMILES string of the molecule is COC(=O)Cc1ccc2[nH]c(C(F)(F)F)cc(=O)c2c1. The molecule has 0 fully saturated rings. The number of aromatic amines is 1. The zero-order chi connectivity index (χ0) is 14.9. The summed E-state index contributed by atoms with van der Waals surface area (Å²) in [6.07, 6.45) is -4.66. The van der Waals surface area contributed by atoms with Crippen LogP contribution in [0.15, 0.2) is 29.1 Å². The molecule has 0 aliphatic rings. The summed E-state index contributed by atoms with van der Waals surface area (Å²) in [6, 6.07) is 4.69. The van der Waals surface area contributed by atoms with Gasteiger partial charge in [0.15, 0.2) is 5.43 Å². The van der Waals surface area contributed by atoms with Gasteiger partial charge in [-0.3, -0.25) is 9.59 Å². The van der Waals surface area contributed by atoms with Gasteiger partial charge in [0.1, 0.15) is 5.69 Å². The van der Waals surface area contributed by atoms with Crippen molar-refractivity contribution in [2.45, 2.75) is 12.6 Å². The van der Waals surface area contributed by atoms with Crippen molar-refractivity contribution in [3.8, 4) is 0 Å². The van der Waals surface area contributed by atoms with E-state index in [2.05, 4.69) is 9.72 Å². The molecule has 0 radical (unpaired) electrons. The lowest BCUT2D eigenvalue weighted by molar-refractivity contribution is -0.141. The number of rotatable bonds is 2. The van der Waals surface area contributed by atoms with Crippen molar-refractivity contribution < 1.29 is 22.7 Å². The molecular weight excluding hydrogens is 275 g/mol. The fourth-order valence-electron chi connectivity index (χ4n) is 1.80. The normalized spacial score (nSPS) is 11.6. The number of fused-ring (bicyclic) bond motifs is 1. The molecule has 0 bridgehead atoms. The van der Waals surface area contributed by atoms with Crippen LogP contribution in [0, 0.1) is 0 Å². The van der Waals surface area contributed by atoms with Gasteiger partial charge in [-0.1, -0.05) is 6.07 Å². The third kappa shape index (κ3) is 2.81. The number of ether oxygens (including phenoxy) is 1. The molecule has 4 nitrogen and oxygen atoms in total. The highest BCUT2D eigenvalue weighted by molar-refractivity contribution is 5.81. The first-order valence-electron chi connectivity index (χ1n) is 5.61. The second-order valence-corrected chi connectivity index (χ2v) is 4.18. The summed E-state index contributed by atoms with van der Waals surface area (Å²) in [4.78, 5) is 25.0. The average Bonchev–Trinajstić information content (AvgIpc) is 2.38. The third-order valence-corrected chi connectivity index (χ3v) is 2.78. The highest BCUT2D eigenvalue weighted by Crippen LogP contribution is 2.27. The molecule has 1 aromatic carbocycles. The minimum absolute atomic E-state index is 0.0487. The lowest BCUT2D eigenvalue weighted by Gasteiger charge is -2.08. The first-order valence-corrected chi connectivity index (χ1v) is 5.61. The molecule has 20 heavy (non-hydrogen) atoms. The number of nitrogens with one attached hydrogen (secondary N) is 1. The number of methoxy groups -OCH3 is 1. The van der Waals surface area contributed by atoms with E-state index in [9.17, 15) is 22.8 Å². The van der Waals surface area contributed by atoms with Gasteiger partial charge in [-0.2, -0.15) is 13.2 Å². The van der Waals surface area contributed by atoms with Crippen molar-refractivity contribution in [1.29, 1.82) is 0 Å². The quantitative estimate of drug-likeness (QED) is 0.861. The van der Waals surface area contributed by atoms with E-state index in [4.69, 9.17) is 0 Å². The second kappa shape index (κ2) is 4.99. The minimum atomic E-state index is -4.61. The topological polar surface area (TPSA) is 59.2 Å². The lowest BCUT2D eigenvalue weighted by Crippen LogP contribution is -2.14. The van der Waals surface area contributed by atoms with Crippen molar-refractivity contribution in [3.05, 3.63) is 45.7 Å². The van der Waals surface area contributed by atoms with E-state index in [1.54, 1.807) is 0 Å². The Kier molecular flexibility index (Phi) is 3.52. The lowest BCUT2D eigenvalue weighted by atomic mass is 10.1. The molecule has 2 rings (SSSR count). The number of hydrogen-bond acceptors (Lipinski definition) is 3. The molecule has 1 heterocycles. The van der Waals surface area contributed by atoms with Gasteiger partial charge < -0.3 is 9.72 Å². The maximum Gasteiger partial charge on any atom is 0.431 e. The first-order chi connectivity index (χ1) is 9.31. The number of esters is 1. The predicted molar refractivity (Wildman–Crippen MR) is 65.3 cm³/mol. The van der Waals surface area contributed by atoms with Crippen LogP contribution < -0.4 is 5.43 Å². The molecule has 0 aliphatic heterocycles. The van der Waals surface area contributed by atoms with Crippen molar-refractivity contribution in [2.24, 2.45) is 0 Å². The van der Waals surface area contributed by atoms with E-state index in [0.717, 1.165) is 0 Å². The fourth-order valence-corrected chi connectivity index (χ4v) is 1.80. The van der Waals surface area contributed by atoms with Crippen LogP contribution in [0.5, 0.6) is 0 Å². The summed E-state index contributed by atoms with van der Waals surface area (Å²) in [6.45, 7) is 0. The molecule has 1 aromatic heterocycles. The molecule has 0 aliphatic carbocycles. The Hall–Kier alpha value is -2.31. The van der Waals surface area contributed by atoms with Gasteiger partial charge in [-0.15, -0.1) is 0 Å². The number of H-pyrrole nitrogens is 1. The van der Waals surface area contributed by atoms with Crippen LogP contribution in [-0.4, -0.2) is 18.1 Å². The van der Waals surface area contributed by atoms with Crippen molar-refractivity contribution in [3.63, 3.8) is 0 Å². The number of carbonyl (C=O) groups excluding carboxylic acids is 1. The zero-order valence-corrected chi connectivity index (χ0v) is 10.4. The van der Waals surface area contributed by atoms with Crippen molar-refractivity contribution in [1.82, 2.24) is 4.98 Å². The molecule has 0 atom stereocenters. The maximum absolute atomic E-state index is 12.6. The van der Waals surface area contributed by atoms with Gasteiger partial charge >= 0.3 is 12.1 Å². The Morgan fingerprint density at radius 2 is 2.00 bits per heavy atom. The summed E-state index contributed by atoms with van der Waals surface area (Å²) >= 11 is 0. The molecule has 0 saturated carbocycles. The molecule has 7 heteroatoms. The minimum Gasteiger partial charge on any atom is -0.469 e. The van der Waals surface area contributed by atoms with E-state index >= 15 is 0 Å². The highest BCUT2D eigenvalue weighted by atomic mass is 19.4. The van der Waals surface area contributed by atoms with E-state index in [-0.39, 0.29) is 17.3 Å². The summed E-state index contributed by atoms with van der Waals surface area (Å²) in [5.74, 6) is -0.493. The van der Waals surface area contributed by atoms with E-state index in [0.29, 0.717) is 11.6 Å². The monoisotopic (exact) mass is 285 g/mol. The van der Waals surface area contributed by atoms with Crippen LogP contribution in [0.3, 0.4) is 0 Å². The summed E-state index contributed by atoms with van der Waals surface area (Å²) in [7, 11) is 1.23. The van der Waals surface area contributed by atoms with Crippen LogP contribution in [-0.2, 0) is 22.1 Å². The van der Waals surface area contributed by atoms with Gasteiger partial charge in [-0.25, -0.2) is 0 Å². The van der Waals surface area contributed by atoms with Gasteiger partial charge in [0.25, 0.3) is 0 Å². The first kappa shape index (κ1) is 14.1. The highest BCUT2D eigenvalue weighted by Gasteiger charge is 2.32. The van der Waals surface area contributed by atoms with Gasteiger partial charge in [-0.05, 0) is 17.7 Å². The van der Waals surface area contributed by atoms with Crippen LogP contribution in [0.4, 0.5) is 13.2 Å². The standard InChI is InChI=1S/C13H10F3NO3/c1-20-12(19)5-7-2-3-9-8(4-7)10(18)6-11(17-9)13(14,15)16/h2-4,6H,5H2,1H3,(H,17,18). The Morgan fingerprint density at radius 1 is 1.30 bits per heavy atom. The average molecular weight is 285 g/mol. The van der Waals surface area contributed by atoms with Crippen LogP contribution in [0.1, 0.15) is 11.3 Å². The number of carbonyl (C=O) groups is 1. The predicted octanol–water partition coefficient (Wildman–Crippen LogP) is 2.26. The van der Waals surface area contributed by atoms with Crippen LogP contribution in [0.2, 0.25) is 0 Å². The Bertz CT molecular complexity index is 719. The number of pyridine rings is 1. The summed E-state index contributed by atoms with van der Waals surface area (Å²) in [5.41, 5.74) is -1.29. The number of halogens is 3.